The minimum Gasteiger partial charge on any atom is -0.457 e. The first-order valence-electron chi connectivity index (χ1n) is 23.2. The van der Waals surface area contributed by atoms with Crippen molar-refractivity contribution in [2.75, 3.05) is 19.8 Å². The lowest BCUT2D eigenvalue weighted by Gasteiger charge is -2.41. The van der Waals surface area contributed by atoms with Crippen LogP contribution in [0.5, 0.6) is 0 Å². The summed E-state index contributed by atoms with van der Waals surface area (Å²) in [5.41, 5.74) is 0. The number of hydrogen-bond acceptors (Lipinski definition) is 11. The van der Waals surface area contributed by atoms with Crippen LogP contribution in [0.2, 0.25) is 0 Å². The maximum Gasteiger partial charge on any atom is 0.472 e. The molecule has 6 N–H and O–H groups in total. The molecule has 1 aliphatic rings. The molecule has 58 heavy (non-hydrogen) atoms. The largest absolute Gasteiger partial charge is 0.472 e. The SMILES string of the molecule is CCCCCCC/C=C\CCCCCCCCOCC(COP(=O)(O)OC1C(O)C(O)C(O)C(O)C1O)OC(=O)CCCCCCC/C=C\CCCCCCCCC. The second-order valence-corrected chi connectivity index (χ2v) is 17.7. The minimum atomic E-state index is -5.02. The van der Waals surface area contributed by atoms with Gasteiger partial charge in [-0.05, 0) is 64.2 Å². The highest BCUT2D eigenvalue weighted by Crippen LogP contribution is 2.47. The van der Waals surface area contributed by atoms with Crippen molar-refractivity contribution < 1.29 is 58.3 Å². The Morgan fingerprint density at radius 3 is 1.36 bits per heavy atom. The van der Waals surface area contributed by atoms with E-state index in [1.807, 2.05) is 0 Å². The van der Waals surface area contributed by atoms with E-state index in [9.17, 15) is 39.8 Å². The fourth-order valence-corrected chi connectivity index (χ4v) is 8.02. The van der Waals surface area contributed by atoms with Crippen molar-refractivity contribution in [1.82, 2.24) is 0 Å². The molecule has 0 radical (unpaired) electrons. The Labute approximate surface area is 351 Å². The molecule has 0 bridgehead atoms. The monoisotopic (exact) mass is 849 g/mol. The molecule has 1 saturated carbocycles. The molecule has 0 spiro atoms. The zero-order chi connectivity index (χ0) is 42.7. The summed E-state index contributed by atoms with van der Waals surface area (Å²) in [6, 6.07) is 0. The van der Waals surface area contributed by atoms with Gasteiger partial charge in [-0.3, -0.25) is 13.8 Å². The van der Waals surface area contributed by atoms with Gasteiger partial charge in [-0.25, -0.2) is 4.57 Å². The lowest BCUT2D eigenvalue weighted by Crippen LogP contribution is -2.64. The van der Waals surface area contributed by atoms with Crippen LogP contribution in [0.25, 0.3) is 0 Å². The van der Waals surface area contributed by atoms with Gasteiger partial charge in [-0.2, -0.15) is 0 Å². The van der Waals surface area contributed by atoms with Crippen molar-refractivity contribution in [2.24, 2.45) is 0 Å². The molecule has 0 aliphatic heterocycles. The average molecular weight is 849 g/mol. The van der Waals surface area contributed by atoms with Crippen molar-refractivity contribution in [3.8, 4) is 0 Å². The molecule has 0 aromatic carbocycles. The van der Waals surface area contributed by atoms with E-state index < -0.39 is 63.1 Å². The number of allylic oxidation sites excluding steroid dienone is 4. The van der Waals surface area contributed by atoms with E-state index in [4.69, 9.17) is 18.5 Å². The highest BCUT2D eigenvalue weighted by molar-refractivity contribution is 7.47. The highest BCUT2D eigenvalue weighted by Gasteiger charge is 2.51. The first-order chi connectivity index (χ1) is 28.0. The Balaban J connectivity index is 2.41. The van der Waals surface area contributed by atoms with E-state index in [0.29, 0.717) is 13.0 Å². The van der Waals surface area contributed by atoms with Crippen molar-refractivity contribution in [3.63, 3.8) is 0 Å². The zero-order valence-corrected chi connectivity index (χ0v) is 37.2. The first kappa shape index (κ1) is 54.8. The third-order valence-corrected chi connectivity index (χ3v) is 11.8. The number of rotatable bonds is 39. The van der Waals surface area contributed by atoms with Gasteiger partial charge in [0.25, 0.3) is 0 Å². The second-order valence-electron chi connectivity index (χ2n) is 16.2. The topological polar surface area (TPSA) is 192 Å². The Morgan fingerprint density at radius 2 is 0.914 bits per heavy atom. The van der Waals surface area contributed by atoms with Crippen LogP contribution in [0.1, 0.15) is 194 Å². The van der Waals surface area contributed by atoms with Gasteiger partial charge in [0, 0.05) is 13.0 Å². The summed E-state index contributed by atoms with van der Waals surface area (Å²) < 4.78 is 34.2. The predicted molar refractivity (Wildman–Crippen MR) is 230 cm³/mol. The predicted octanol–water partition coefficient (Wildman–Crippen LogP) is 9.31. The van der Waals surface area contributed by atoms with Crippen molar-refractivity contribution in [3.05, 3.63) is 24.3 Å². The highest BCUT2D eigenvalue weighted by atomic mass is 31.2. The standard InChI is InChI=1S/C45H85O12P/c1-3-5-7-9-11-13-15-17-19-20-22-24-26-28-30-32-34-39(46)56-38(37-55-58(52,53)57-45-43(50)41(48)40(47)42(49)44(45)51)36-54-35-33-31-29-27-25-23-21-18-16-14-12-10-8-6-4-2/h16,18-20,38,40-45,47-51H,3-15,17,21-37H2,1-2H3,(H,52,53)/b18-16-,20-19-. The van der Waals surface area contributed by atoms with Crippen molar-refractivity contribution in [1.29, 1.82) is 0 Å². The number of carbonyl (C=O) groups excluding carboxylic acids is 1. The van der Waals surface area contributed by atoms with E-state index in [1.165, 1.54) is 96.3 Å². The molecular formula is C45H85O12P. The minimum absolute atomic E-state index is 0.0819. The first-order valence-corrected chi connectivity index (χ1v) is 24.7. The van der Waals surface area contributed by atoms with Gasteiger partial charge in [-0.15, -0.1) is 0 Å². The van der Waals surface area contributed by atoms with Crippen LogP contribution in [-0.2, 0) is 27.9 Å². The average Bonchev–Trinajstić information content (AvgIpc) is 3.21. The summed E-state index contributed by atoms with van der Waals surface area (Å²) in [6.07, 6.45) is 28.1. The smallest absolute Gasteiger partial charge is 0.457 e. The van der Waals surface area contributed by atoms with Gasteiger partial charge >= 0.3 is 13.8 Å². The van der Waals surface area contributed by atoms with E-state index in [2.05, 4.69) is 38.2 Å². The zero-order valence-electron chi connectivity index (χ0n) is 36.4. The lowest BCUT2D eigenvalue weighted by atomic mass is 9.85. The lowest BCUT2D eigenvalue weighted by molar-refractivity contribution is -0.220. The summed E-state index contributed by atoms with van der Waals surface area (Å²) >= 11 is 0. The van der Waals surface area contributed by atoms with Crippen molar-refractivity contribution in [2.45, 2.75) is 236 Å². The van der Waals surface area contributed by atoms with Crippen LogP contribution < -0.4 is 0 Å². The maximum absolute atomic E-state index is 12.8. The summed E-state index contributed by atoms with van der Waals surface area (Å²) in [5.74, 6) is -0.487. The van der Waals surface area contributed by atoms with E-state index >= 15 is 0 Å². The normalized spacial score (nSPS) is 22.8. The van der Waals surface area contributed by atoms with Gasteiger partial charge in [0.1, 0.15) is 42.7 Å². The number of ether oxygens (including phenoxy) is 2. The van der Waals surface area contributed by atoms with E-state index in [1.54, 1.807) is 0 Å². The molecule has 1 fully saturated rings. The van der Waals surface area contributed by atoms with Crippen LogP contribution in [0.3, 0.4) is 0 Å². The van der Waals surface area contributed by atoms with Gasteiger partial charge in [-0.1, -0.05) is 147 Å². The molecule has 1 rings (SSSR count). The van der Waals surface area contributed by atoms with E-state index in [-0.39, 0.29) is 13.0 Å². The van der Waals surface area contributed by atoms with Gasteiger partial charge in [0.15, 0.2) is 0 Å². The summed E-state index contributed by atoms with van der Waals surface area (Å²) in [5, 5.41) is 50.1. The molecule has 342 valence electrons. The number of phosphoric ester groups is 1. The van der Waals surface area contributed by atoms with Gasteiger partial charge in [0.2, 0.25) is 0 Å². The molecule has 0 aromatic rings. The summed E-state index contributed by atoms with van der Waals surface area (Å²) in [6.45, 7) is 4.23. The molecule has 12 nitrogen and oxygen atoms in total. The fourth-order valence-electron chi connectivity index (χ4n) is 7.05. The molecular weight excluding hydrogens is 763 g/mol. The van der Waals surface area contributed by atoms with Crippen LogP contribution in [0.15, 0.2) is 24.3 Å². The Hall–Kier alpha value is -1.18. The molecule has 0 amide bonds. The number of aliphatic hydroxyl groups is 5. The molecule has 1 aliphatic carbocycles. The second kappa shape index (κ2) is 36.5. The summed E-state index contributed by atoms with van der Waals surface area (Å²) in [7, 11) is -5.02. The number of phosphoric acid groups is 1. The number of unbranched alkanes of at least 4 members (excludes halogenated alkanes) is 23. The molecule has 0 saturated heterocycles. The molecule has 0 aromatic heterocycles. The van der Waals surface area contributed by atoms with Crippen LogP contribution in [-0.4, -0.2) is 98.9 Å². The fraction of sp³-hybridized carbons (Fsp3) is 0.889. The molecule has 13 heteroatoms. The van der Waals surface area contributed by atoms with Gasteiger partial charge < -0.3 is 39.9 Å². The van der Waals surface area contributed by atoms with E-state index in [0.717, 1.165) is 70.6 Å². The Morgan fingerprint density at radius 1 is 0.534 bits per heavy atom. The van der Waals surface area contributed by atoms with Crippen molar-refractivity contribution >= 4 is 13.8 Å². The number of carbonyl (C=O) groups is 1. The van der Waals surface area contributed by atoms with Crippen LogP contribution >= 0.6 is 7.82 Å². The molecule has 6 atom stereocenters. The third kappa shape index (κ3) is 28.4. The molecule has 6 unspecified atom stereocenters. The summed E-state index contributed by atoms with van der Waals surface area (Å²) in [4.78, 5) is 23.1. The quantitative estimate of drug-likeness (QED) is 0.0149. The Kier molecular flexibility index (Phi) is 34.5. The van der Waals surface area contributed by atoms with Crippen LogP contribution in [0, 0.1) is 0 Å². The maximum atomic E-state index is 12.8. The third-order valence-electron chi connectivity index (χ3n) is 10.8. The molecule has 0 heterocycles. The Bertz CT molecular complexity index is 1060. The number of aliphatic hydroxyl groups excluding tert-OH is 5. The van der Waals surface area contributed by atoms with Gasteiger partial charge in [0.05, 0.1) is 13.2 Å². The number of esters is 1. The number of hydrogen-bond donors (Lipinski definition) is 6. The van der Waals surface area contributed by atoms with Crippen LogP contribution in [0.4, 0.5) is 0 Å².